The summed E-state index contributed by atoms with van der Waals surface area (Å²) in [4.78, 5) is 13.6. The third-order valence-electron chi connectivity index (χ3n) is 6.01. The van der Waals surface area contributed by atoms with Gasteiger partial charge in [-0.3, -0.25) is 4.99 Å². The molecule has 25 heavy (non-hydrogen) atoms. The van der Waals surface area contributed by atoms with Crippen molar-refractivity contribution in [1.82, 2.24) is 24.7 Å². The molecule has 3 rings (SSSR count). The Morgan fingerprint density at radius 2 is 2.04 bits per heavy atom. The van der Waals surface area contributed by atoms with Crippen molar-refractivity contribution in [2.24, 2.45) is 16.8 Å². The number of hydrogen-bond acceptors (Lipinski definition) is 3. The second kappa shape index (κ2) is 8.70. The molecule has 2 fully saturated rings. The van der Waals surface area contributed by atoms with E-state index in [1.807, 2.05) is 19.6 Å². The number of hydrogen-bond donors (Lipinski definition) is 1. The molecule has 2 unspecified atom stereocenters. The molecule has 2 aliphatic heterocycles. The molecule has 1 aromatic heterocycles. The van der Waals surface area contributed by atoms with Crippen molar-refractivity contribution in [3.63, 3.8) is 0 Å². The van der Waals surface area contributed by atoms with E-state index in [1.165, 1.54) is 38.8 Å². The number of likely N-dealkylation sites (tertiary alicyclic amines) is 2. The van der Waals surface area contributed by atoms with Crippen LogP contribution in [0.1, 0.15) is 38.6 Å². The maximum atomic E-state index is 4.55. The topological polar surface area (TPSA) is 48.7 Å². The van der Waals surface area contributed by atoms with Gasteiger partial charge in [0.05, 0.1) is 12.4 Å². The maximum Gasteiger partial charge on any atom is 0.193 e. The first kappa shape index (κ1) is 18.2. The van der Waals surface area contributed by atoms with Crippen molar-refractivity contribution in [2.45, 2.75) is 38.6 Å². The first-order valence-electron chi connectivity index (χ1n) is 9.79. The smallest absolute Gasteiger partial charge is 0.193 e. The van der Waals surface area contributed by atoms with Crippen molar-refractivity contribution < 1.29 is 0 Å². The Hall–Kier alpha value is -1.56. The number of aromatic nitrogens is 2. The van der Waals surface area contributed by atoms with Gasteiger partial charge in [-0.2, -0.15) is 0 Å². The fourth-order valence-electron chi connectivity index (χ4n) is 4.17. The van der Waals surface area contributed by atoms with Gasteiger partial charge >= 0.3 is 0 Å². The molecule has 0 amide bonds. The first-order valence-corrected chi connectivity index (χ1v) is 9.79. The largest absolute Gasteiger partial charge is 0.356 e. The van der Waals surface area contributed by atoms with Crippen LogP contribution in [-0.2, 0) is 0 Å². The molecule has 6 nitrogen and oxygen atoms in total. The fraction of sp³-hybridized carbons (Fsp3) is 0.789. The van der Waals surface area contributed by atoms with Gasteiger partial charge in [-0.15, -0.1) is 0 Å². The molecule has 2 saturated heterocycles. The summed E-state index contributed by atoms with van der Waals surface area (Å²) in [5.74, 6) is 2.59. The number of guanidine groups is 1. The molecule has 2 aliphatic rings. The minimum Gasteiger partial charge on any atom is -0.356 e. The molecule has 0 bridgehead atoms. The van der Waals surface area contributed by atoms with Crippen LogP contribution < -0.4 is 5.32 Å². The molecular formula is C19H34N6. The van der Waals surface area contributed by atoms with Crippen LogP contribution in [0.2, 0.25) is 0 Å². The van der Waals surface area contributed by atoms with E-state index in [0.717, 1.165) is 31.5 Å². The predicted molar refractivity (Wildman–Crippen MR) is 103 cm³/mol. The molecule has 6 heteroatoms. The van der Waals surface area contributed by atoms with E-state index >= 15 is 0 Å². The highest BCUT2D eigenvalue weighted by molar-refractivity contribution is 5.80. The monoisotopic (exact) mass is 346 g/mol. The lowest BCUT2D eigenvalue weighted by atomic mass is 9.93. The Labute approximate surface area is 152 Å². The Kier molecular flexibility index (Phi) is 6.34. The number of nitrogens with one attached hydrogen (secondary N) is 1. The molecule has 0 saturated carbocycles. The van der Waals surface area contributed by atoms with Gasteiger partial charge in [0.2, 0.25) is 0 Å². The van der Waals surface area contributed by atoms with Crippen molar-refractivity contribution >= 4 is 5.96 Å². The van der Waals surface area contributed by atoms with E-state index in [4.69, 9.17) is 0 Å². The number of nitrogens with zero attached hydrogens (tertiary/aromatic N) is 5. The Bertz CT molecular complexity index is 532. The average Bonchev–Trinajstić information content (AvgIpc) is 3.15. The van der Waals surface area contributed by atoms with E-state index in [9.17, 15) is 0 Å². The molecular weight excluding hydrogens is 312 g/mol. The summed E-state index contributed by atoms with van der Waals surface area (Å²) in [5, 5.41) is 3.62. The Morgan fingerprint density at radius 3 is 2.72 bits per heavy atom. The van der Waals surface area contributed by atoms with Gasteiger partial charge < -0.3 is 19.7 Å². The molecule has 2 atom stereocenters. The van der Waals surface area contributed by atoms with Crippen molar-refractivity contribution in [3.8, 4) is 0 Å². The van der Waals surface area contributed by atoms with Crippen LogP contribution in [0.5, 0.6) is 0 Å². The van der Waals surface area contributed by atoms with Crippen molar-refractivity contribution in [2.75, 3.05) is 46.8 Å². The van der Waals surface area contributed by atoms with E-state index in [-0.39, 0.29) is 0 Å². The van der Waals surface area contributed by atoms with Crippen LogP contribution in [0, 0.1) is 11.8 Å². The van der Waals surface area contributed by atoms with Crippen LogP contribution in [-0.4, -0.2) is 72.1 Å². The second-order valence-corrected chi connectivity index (χ2v) is 7.80. The summed E-state index contributed by atoms with van der Waals surface area (Å²) in [6.07, 6.45) is 11.0. The molecule has 3 heterocycles. The molecule has 0 aromatic carbocycles. The standard InChI is InChI=1S/C19H34N6/c1-16-5-12-24(14-18(16)25-13-9-21-15-25)19(20-2)22-8-4-17-6-10-23(3)11-7-17/h9,13,15-18H,4-8,10-12,14H2,1-3H3,(H,20,22). The lowest BCUT2D eigenvalue weighted by Gasteiger charge is -2.39. The van der Waals surface area contributed by atoms with E-state index < -0.39 is 0 Å². The summed E-state index contributed by atoms with van der Waals surface area (Å²) in [5.41, 5.74) is 0. The summed E-state index contributed by atoms with van der Waals surface area (Å²) in [6, 6.07) is 0.476. The Balaban J connectivity index is 1.49. The lowest BCUT2D eigenvalue weighted by molar-refractivity contribution is 0.187. The van der Waals surface area contributed by atoms with Gasteiger partial charge in [0, 0.05) is 39.1 Å². The van der Waals surface area contributed by atoms with Crippen molar-refractivity contribution in [1.29, 1.82) is 0 Å². The zero-order chi connectivity index (χ0) is 17.6. The zero-order valence-corrected chi connectivity index (χ0v) is 16.1. The first-order chi connectivity index (χ1) is 12.2. The zero-order valence-electron chi connectivity index (χ0n) is 16.1. The normalized spacial score (nSPS) is 26.8. The van der Waals surface area contributed by atoms with Gasteiger partial charge in [-0.1, -0.05) is 6.92 Å². The van der Waals surface area contributed by atoms with Gasteiger partial charge in [-0.05, 0) is 57.7 Å². The van der Waals surface area contributed by atoms with E-state index in [1.54, 1.807) is 0 Å². The maximum absolute atomic E-state index is 4.55. The van der Waals surface area contributed by atoms with Crippen LogP contribution in [0.4, 0.5) is 0 Å². The SMILES string of the molecule is CN=C(NCCC1CCN(C)CC1)N1CCC(C)C(n2ccnc2)C1. The molecule has 0 aliphatic carbocycles. The third-order valence-corrected chi connectivity index (χ3v) is 6.01. The molecule has 0 radical (unpaired) electrons. The quantitative estimate of drug-likeness (QED) is 0.670. The van der Waals surface area contributed by atoms with Crippen LogP contribution >= 0.6 is 0 Å². The summed E-state index contributed by atoms with van der Waals surface area (Å²) < 4.78 is 2.25. The van der Waals surface area contributed by atoms with Crippen LogP contribution in [0.25, 0.3) is 0 Å². The minimum atomic E-state index is 0.476. The van der Waals surface area contributed by atoms with Gasteiger partial charge in [0.1, 0.15) is 0 Å². The second-order valence-electron chi connectivity index (χ2n) is 7.80. The summed E-state index contributed by atoms with van der Waals surface area (Å²) in [6.45, 7) is 7.96. The molecule has 0 spiro atoms. The van der Waals surface area contributed by atoms with Crippen LogP contribution in [0.15, 0.2) is 23.7 Å². The summed E-state index contributed by atoms with van der Waals surface area (Å²) >= 11 is 0. The van der Waals surface area contributed by atoms with Crippen molar-refractivity contribution in [3.05, 3.63) is 18.7 Å². The van der Waals surface area contributed by atoms with Crippen LogP contribution in [0.3, 0.4) is 0 Å². The number of piperidine rings is 2. The van der Waals surface area contributed by atoms with Gasteiger partial charge in [0.25, 0.3) is 0 Å². The van der Waals surface area contributed by atoms with Gasteiger partial charge in [0.15, 0.2) is 5.96 Å². The highest BCUT2D eigenvalue weighted by Gasteiger charge is 2.29. The lowest BCUT2D eigenvalue weighted by Crippen LogP contribution is -2.49. The summed E-state index contributed by atoms with van der Waals surface area (Å²) in [7, 11) is 4.13. The van der Waals surface area contributed by atoms with Gasteiger partial charge in [-0.25, -0.2) is 4.98 Å². The molecule has 1 N–H and O–H groups in total. The average molecular weight is 347 g/mol. The fourth-order valence-corrected chi connectivity index (χ4v) is 4.17. The molecule has 140 valence electrons. The number of rotatable bonds is 4. The highest BCUT2D eigenvalue weighted by atomic mass is 15.3. The third kappa shape index (κ3) is 4.75. The highest BCUT2D eigenvalue weighted by Crippen LogP contribution is 2.27. The van der Waals surface area contributed by atoms with E-state index in [0.29, 0.717) is 12.0 Å². The number of imidazole rings is 1. The minimum absolute atomic E-state index is 0.476. The number of aliphatic imine (C=N–C) groups is 1. The Morgan fingerprint density at radius 1 is 1.24 bits per heavy atom. The molecule has 1 aromatic rings. The predicted octanol–water partition coefficient (Wildman–Crippen LogP) is 2.07. The van der Waals surface area contributed by atoms with E-state index in [2.05, 4.69) is 49.8 Å².